The maximum Gasteiger partial charge on any atom is 0.416 e. The van der Waals surface area contributed by atoms with Gasteiger partial charge in [0.15, 0.2) is 6.10 Å². The van der Waals surface area contributed by atoms with Gasteiger partial charge in [0.25, 0.3) is 5.91 Å². The quantitative estimate of drug-likeness (QED) is 0.513. The number of ether oxygens (including phenoxy) is 1. The summed E-state index contributed by atoms with van der Waals surface area (Å²) in [5, 5.41) is 12.5. The Kier molecular flexibility index (Phi) is 8.57. The topological polar surface area (TPSA) is 75.6 Å². The van der Waals surface area contributed by atoms with Crippen LogP contribution in [0.3, 0.4) is 0 Å². The predicted octanol–water partition coefficient (Wildman–Crippen LogP) is 3.37. The van der Waals surface area contributed by atoms with Crippen LogP contribution in [0.1, 0.15) is 56.3 Å². The van der Waals surface area contributed by atoms with Gasteiger partial charge in [0, 0.05) is 0 Å². The number of carbonyl (C=O) groups is 2. The van der Waals surface area contributed by atoms with Crippen LogP contribution in [0.4, 0.5) is 13.2 Å². The van der Waals surface area contributed by atoms with E-state index >= 15 is 0 Å². The lowest BCUT2D eigenvalue weighted by Crippen LogP contribution is -2.43. The molecule has 0 fully saturated rings. The number of hydrogen-bond donors (Lipinski definition) is 2. The molecule has 0 aliphatic carbocycles. The number of esters is 1. The summed E-state index contributed by atoms with van der Waals surface area (Å²) in [7, 11) is 1.19. The van der Waals surface area contributed by atoms with E-state index < -0.39 is 35.8 Å². The minimum Gasteiger partial charge on any atom is -0.467 e. The third kappa shape index (κ3) is 6.67. The summed E-state index contributed by atoms with van der Waals surface area (Å²) < 4.78 is 42.3. The first-order valence-corrected chi connectivity index (χ1v) is 8.44. The maximum absolute atomic E-state index is 12.6. The van der Waals surface area contributed by atoms with Crippen molar-refractivity contribution in [3.05, 3.63) is 35.4 Å². The van der Waals surface area contributed by atoms with Gasteiger partial charge in [0.2, 0.25) is 0 Å². The number of halogens is 3. The van der Waals surface area contributed by atoms with Gasteiger partial charge in [-0.15, -0.1) is 0 Å². The summed E-state index contributed by atoms with van der Waals surface area (Å²) in [6.07, 6.45) is -2.22. The third-order valence-corrected chi connectivity index (χ3v) is 3.95. The van der Waals surface area contributed by atoms with Crippen molar-refractivity contribution in [2.45, 2.75) is 57.3 Å². The van der Waals surface area contributed by atoms with Crippen LogP contribution < -0.4 is 5.32 Å². The van der Waals surface area contributed by atoms with E-state index in [0.717, 1.165) is 43.5 Å². The summed E-state index contributed by atoms with van der Waals surface area (Å²) in [5.41, 5.74) is -0.873. The first-order valence-electron chi connectivity index (χ1n) is 8.44. The molecule has 0 aromatic heterocycles. The molecule has 0 spiro atoms. The summed E-state index contributed by atoms with van der Waals surface area (Å²) in [4.78, 5) is 23.9. The van der Waals surface area contributed by atoms with Gasteiger partial charge in [-0.05, 0) is 24.1 Å². The van der Waals surface area contributed by atoms with E-state index in [1.54, 1.807) is 0 Å². The Balaban J connectivity index is 2.73. The number of amides is 1. The summed E-state index contributed by atoms with van der Waals surface area (Å²) in [5.74, 6) is -1.50. The SMILES string of the molecule is CCCCCC[C@H](NC(=O)[C@@H](O)c1ccc(C(F)(F)F)cc1)C(=O)OC. The summed E-state index contributed by atoms with van der Waals surface area (Å²) >= 11 is 0. The minimum atomic E-state index is -4.50. The molecule has 0 aliphatic heterocycles. The Morgan fingerprint density at radius 3 is 2.27 bits per heavy atom. The van der Waals surface area contributed by atoms with Gasteiger partial charge in [-0.1, -0.05) is 44.7 Å². The van der Waals surface area contributed by atoms with Crippen LogP contribution in [0.5, 0.6) is 0 Å². The number of rotatable bonds is 9. The highest BCUT2D eigenvalue weighted by molar-refractivity contribution is 5.87. The van der Waals surface area contributed by atoms with E-state index in [1.165, 1.54) is 7.11 Å². The number of aliphatic hydroxyl groups is 1. The van der Waals surface area contributed by atoms with Crippen molar-refractivity contribution < 1.29 is 32.6 Å². The highest BCUT2D eigenvalue weighted by atomic mass is 19.4. The van der Waals surface area contributed by atoms with Crippen LogP contribution in [0.2, 0.25) is 0 Å². The molecule has 0 saturated heterocycles. The number of alkyl halides is 3. The Morgan fingerprint density at radius 1 is 1.15 bits per heavy atom. The number of carbonyl (C=O) groups excluding carboxylic acids is 2. The molecule has 146 valence electrons. The van der Waals surface area contributed by atoms with Crippen LogP contribution >= 0.6 is 0 Å². The van der Waals surface area contributed by atoms with Gasteiger partial charge in [-0.2, -0.15) is 13.2 Å². The molecule has 2 atom stereocenters. The zero-order valence-electron chi connectivity index (χ0n) is 14.8. The molecule has 5 nitrogen and oxygen atoms in total. The molecule has 8 heteroatoms. The normalized spacial score (nSPS) is 13.8. The number of aliphatic hydroxyl groups excluding tert-OH is 1. The van der Waals surface area contributed by atoms with Gasteiger partial charge in [-0.3, -0.25) is 4.79 Å². The lowest BCUT2D eigenvalue weighted by Gasteiger charge is -2.19. The van der Waals surface area contributed by atoms with E-state index in [4.69, 9.17) is 0 Å². The molecular weight excluding hydrogens is 351 g/mol. The Bertz CT molecular complexity index is 587. The number of nitrogens with one attached hydrogen (secondary N) is 1. The van der Waals surface area contributed by atoms with Crippen molar-refractivity contribution in [3.63, 3.8) is 0 Å². The van der Waals surface area contributed by atoms with Crippen molar-refractivity contribution in [2.75, 3.05) is 7.11 Å². The molecule has 2 N–H and O–H groups in total. The summed E-state index contributed by atoms with van der Waals surface area (Å²) in [6.45, 7) is 2.04. The fourth-order valence-corrected chi connectivity index (χ4v) is 2.42. The minimum absolute atomic E-state index is 0.00472. The highest BCUT2D eigenvalue weighted by Crippen LogP contribution is 2.30. The second-order valence-corrected chi connectivity index (χ2v) is 5.96. The van der Waals surface area contributed by atoms with Crippen LogP contribution in [-0.4, -0.2) is 30.1 Å². The fourth-order valence-electron chi connectivity index (χ4n) is 2.42. The Hall–Kier alpha value is -2.09. The predicted molar refractivity (Wildman–Crippen MR) is 89.1 cm³/mol. The van der Waals surface area contributed by atoms with Gasteiger partial charge >= 0.3 is 12.1 Å². The lowest BCUT2D eigenvalue weighted by atomic mass is 10.0. The van der Waals surface area contributed by atoms with E-state index in [9.17, 15) is 27.9 Å². The van der Waals surface area contributed by atoms with Gasteiger partial charge in [0.05, 0.1) is 12.7 Å². The first kappa shape index (κ1) is 22.0. The van der Waals surface area contributed by atoms with E-state index in [2.05, 4.69) is 10.1 Å². The number of unbranched alkanes of at least 4 members (excludes halogenated alkanes) is 3. The maximum atomic E-state index is 12.6. The average molecular weight is 375 g/mol. The van der Waals surface area contributed by atoms with E-state index in [-0.39, 0.29) is 5.56 Å². The molecule has 0 radical (unpaired) electrons. The van der Waals surface area contributed by atoms with Crippen molar-refractivity contribution in [3.8, 4) is 0 Å². The average Bonchev–Trinajstić information content (AvgIpc) is 2.62. The second kappa shape index (κ2) is 10.2. The molecule has 26 heavy (non-hydrogen) atoms. The van der Waals surface area contributed by atoms with Crippen molar-refractivity contribution in [2.24, 2.45) is 0 Å². The molecule has 0 aliphatic rings. The van der Waals surface area contributed by atoms with E-state index in [0.29, 0.717) is 12.8 Å². The number of methoxy groups -OCH3 is 1. The molecular formula is C18H24F3NO4. The zero-order valence-corrected chi connectivity index (χ0v) is 14.8. The molecule has 1 rings (SSSR count). The highest BCUT2D eigenvalue weighted by Gasteiger charge is 2.31. The standard InChI is InChI=1S/C18H24F3NO4/c1-3-4-5-6-7-14(17(25)26-2)22-16(24)15(23)12-8-10-13(11-9-12)18(19,20)21/h8-11,14-15,23H,3-7H2,1-2H3,(H,22,24)/t14-,15-/m0/s1. The van der Waals surface area contributed by atoms with Crippen LogP contribution in [0.15, 0.2) is 24.3 Å². The third-order valence-electron chi connectivity index (χ3n) is 3.95. The zero-order chi connectivity index (χ0) is 19.7. The van der Waals surface area contributed by atoms with Gasteiger partial charge in [-0.25, -0.2) is 4.79 Å². The fraction of sp³-hybridized carbons (Fsp3) is 0.556. The number of hydrogen-bond acceptors (Lipinski definition) is 4. The molecule has 0 unspecified atom stereocenters. The Labute approximate surface area is 150 Å². The first-order chi connectivity index (χ1) is 12.2. The van der Waals surface area contributed by atoms with Crippen LogP contribution in [0.25, 0.3) is 0 Å². The van der Waals surface area contributed by atoms with Crippen LogP contribution in [-0.2, 0) is 20.5 Å². The molecule has 0 bridgehead atoms. The van der Waals surface area contributed by atoms with Crippen molar-refractivity contribution in [1.82, 2.24) is 5.32 Å². The second-order valence-electron chi connectivity index (χ2n) is 5.96. The smallest absolute Gasteiger partial charge is 0.416 e. The molecule has 0 heterocycles. The van der Waals surface area contributed by atoms with Crippen molar-refractivity contribution >= 4 is 11.9 Å². The van der Waals surface area contributed by atoms with Gasteiger partial charge < -0.3 is 15.2 Å². The van der Waals surface area contributed by atoms with Gasteiger partial charge in [0.1, 0.15) is 6.04 Å². The van der Waals surface area contributed by atoms with Crippen molar-refractivity contribution in [1.29, 1.82) is 0 Å². The molecule has 1 aromatic carbocycles. The monoisotopic (exact) mass is 375 g/mol. The van der Waals surface area contributed by atoms with Crippen LogP contribution in [0, 0.1) is 0 Å². The van der Waals surface area contributed by atoms with E-state index in [1.807, 2.05) is 6.92 Å². The molecule has 1 aromatic rings. The lowest BCUT2D eigenvalue weighted by molar-refractivity contribution is -0.146. The number of benzene rings is 1. The largest absolute Gasteiger partial charge is 0.467 e. The summed E-state index contributed by atoms with van der Waals surface area (Å²) in [6, 6.07) is 2.72. The Morgan fingerprint density at radius 2 is 1.77 bits per heavy atom. The molecule has 0 saturated carbocycles. The molecule has 1 amide bonds.